The van der Waals surface area contributed by atoms with Gasteiger partial charge in [-0.2, -0.15) is 0 Å². The third-order valence-electron chi connectivity index (χ3n) is 5.27. The highest BCUT2D eigenvalue weighted by Gasteiger charge is 2.33. The highest BCUT2D eigenvalue weighted by atomic mass is 16.5. The number of amides is 2. The molecule has 164 valence electrons. The van der Waals surface area contributed by atoms with Crippen molar-refractivity contribution in [2.75, 3.05) is 19.0 Å². The number of benzene rings is 3. The molecule has 2 amide bonds. The predicted octanol–water partition coefficient (Wildman–Crippen LogP) is 4.52. The fourth-order valence-electron chi connectivity index (χ4n) is 3.44. The molecule has 0 radical (unpaired) electrons. The van der Waals surface area contributed by atoms with Crippen LogP contribution in [0, 0.1) is 0 Å². The maximum atomic E-state index is 13.1. The fraction of sp³-hybridized carbons (Fsp3) is 0.231. The smallest absolute Gasteiger partial charge is 0.262 e. The summed E-state index contributed by atoms with van der Waals surface area (Å²) in [5.74, 6) is 0.930. The second kappa shape index (κ2) is 10.0. The minimum Gasteiger partial charge on any atom is -0.497 e. The summed E-state index contributed by atoms with van der Waals surface area (Å²) in [6.07, 6.45) is 2.09. The van der Waals surface area contributed by atoms with Crippen LogP contribution in [0.1, 0.15) is 28.8 Å². The van der Waals surface area contributed by atoms with Gasteiger partial charge in [-0.25, -0.2) is 0 Å². The topological polar surface area (TPSA) is 67.9 Å². The minimum atomic E-state index is -0.277. The molecule has 0 unspecified atom stereocenters. The Morgan fingerprint density at radius 2 is 1.69 bits per heavy atom. The summed E-state index contributed by atoms with van der Waals surface area (Å²) in [6.45, 7) is 0.472. The van der Waals surface area contributed by atoms with Crippen molar-refractivity contribution in [1.82, 2.24) is 4.90 Å². The van der Waals surface area contributed by atoms with Crippen LogP contribution < -0.4 is 14.8 Å². The lowest BCUT2D eigenvalue weighted by Gasteiger charge is -2.23. The number of hydrogen-bond acceptors (Lipinski definition) is 4. The maximum Gasteiger partial charge on any atom is 0.262 e. The number of nitrogens with one attached hydrogen (secondary N) is 1. The summed E-state index contributed by atoms with van der Waals surface area (Å²) in [7, 11) is 1.57. The second-order valence-electron chi connectivity index (χ2n) is 7.74. The van der Waals surface area contributed by atoms with E-state index in [1.165, 1.54) is 0 Å². The molecule has 3 aromatic carbocycles. The van der Waals surface area contributed by atoms with E-state index in [-0.39, 0.29) is 18.4 Å². The van der Waals surface area contributed by atoms with Gasteiger partial charge >= 0.3 is 0 Å². The van der Waals surface area contributed by atoms with E-state index in [0.717, 1.165) is 18.4 Å². The lowest BCUT2D eigenvalue weighted by atomic mass is 10.1. The molecule has 1 fully saturated rings. The molecule has 1 N–H and O–H groups in total. The monoisotopic (exact) mass is 430 g/mol. The van der Waals surface area contributed by atoms with Crippen LogP contribution in [0.2, 0.25) is 0 Å². The van der Waals surface area contributed by atoms with Gasteiger partial charge in [-0.05, 0) is 54.8 Å². The van der Waals surface area contributed by atoms with E-state index < -0.39 is 0 Å². The van der Waals surface area contributed by atoms with E-state index in [4.69, 9.17) is 9.47 Å². The van der Waals surface area contributed by atoms with Crippen molar-refractivity contribution in [1.29, 1.82) is 0 Å². The molecule has 0 heterocycles. The number of ether oxygens (including phenoxy) is 2. The molecular weight excluding hydrogens is 404 g/mol. The molecule has 6 nitrogen and oxygen atoms in total. The Morgan fingerprint density at radius 1 is 0.938 bits per heavy atom. The summed E-state index contributed by atoms with van der Waals surface area (Å²) < 4.78 is 10.7. The molecule has 1 saturated carbocycles. The summed E-state index contributed by atoms with van der Waals surface area (Å²) in [4.78, 5) is 27.2. The Balaban J connectivity index is 1.33. The molecule has 6 heteroatoms. The highest BCUT2D eigenvalue weighted by molar-refractivity contribution is 5.95. The molecule has 0 aliphatic heterocycles. The number of hydrogen-bond donors (Lipinski definition) is 1. The Labute approximate surface area is 187 Å². The standard InChI is InChI=1S/C26H26N2O4/c1-31-24-9-5-8-21(16-24)27-25(29)18-32-23-14-10-20(11-15-23)26(30)28(22-12-13-22)17-19-6-3-2-4-7-19/h2-11,14-16,22H,12-13,17-18H2,1H3,(H,27,29). The van der Waals surface area contributed by atoms with Gasteiger partial charge < -0.3 is 19.7 Å². The minimum absolute atomic E-state index is 0.0127. The molecule has 32 heavy (non-hydrogen) atoms. The molecular formula is C26H26N2O4. The first-order valence-corrected chi connectivity index (χ1v) is 10.6. The third-order valence-corrected chi connectivity index (χ3v) is 5.27. The lowest BCUT2D eigenvalue weighted by molar-refractivity contribution is -0.118. The van der Waals surface area contributed by atoms with Crippen molar-refractivity contribution in [3.05, 3.63) is 90.0 Å². The van der Waals surface area contributed by atoms with Gasteiger partial charge in [0.1, 0.15) is 11.5 Å². The molecule has 0 spiro atoms. The normalized spacial score (nSPS) is 12.7. The van der Waals surface area contributed by atoms with Crippen LogP contribution in [-0.2, 0) is 11.3 Å². The Hall–Kier alpha value is -3.80. The van der Waals surface area contributed by atoms with Crippen LogP contribution in [0.5, 0.6) is 11.5 Å². The number of methoxy groups -OCH3 is 1. The summed E-state index contributed by atoms with van der Waals surface area (Å²) in [5.41, 5.74) is 2.37. The molecule has 0 atom stereocenters. The Morgan fingerprint density at radius 3 is 2.38 bits per heavy atom. The summed E-state index contributed by atoms with van der Waals surface area (Å²) in [6, 6.07) is 24.4. The van der Waals surface area contributed by atoms with Crippen molar-refractivity contribution >= 4 is 17.5 Å². The number of carbonyl (C=O) groups excluding carboxylic acids is 2. The van der Waals surface area contributed by atoms with Gasteiger partial charge in [0.2, 0.25) is 0 Å². The lowest BCUT2D eigenvalue weighted by Crippen LogP contribution is -2.32. The van der Waals surface area contributed by atoms with Crippen molar-refractivity contribution in [3.63, 3.8) is 0 Å². The first-order valence-electron chi connectivity index (χ1n) is 10.6. The molecule has 1 aliphatic carbocycles. The van der Waals surface area contributed by atoms with Gasteiger partial charge in [0.25, 0.3) is 11.8 Å². The molecule has 0 aromatic heterocycles. The summed E-state index contributed by atoms with van der Waals surface area (Å²) in [5, 5.41) is 2.77. The summed E-state index contributed by atoms with van der Waals surface area (Å²) >= 11 is 0. The number of nitrogens with zero attached hydrogens (tertiary/aromatic N) is 1. The van der Waals surface area contributed by atoms with Gasteiger partial charge in [-0.3, -0.25) is 9.59 Å². The Kier molecular flexibility index (Phi) is 6.70. The zero-order valence-electron chi connectivity index (χ0n) is 18.0. The van der Waals surface area contributed by atoms with Gasteiger partial charge in [0.05, 0.1) is 7.11 Å². The zero-order valence-corrected chi connectivity index (χ0v) is 18.0. The van der Waals surface area contributed by atoms with E-state index >= 15 is 0 Å². The van der Waals surface area contributed by atoms with Gasteiger partial charge in [0.15, 0.2) is 6.61 Å². The van der Waals surface area contributed by atoms with E-state index in [1.807, 2.05) is 35.2 Å². The van der Waals surface area contributed by atoms with Crippen molar-refractivity contribution in [2.45, 2.75) is 25.4 Å². The van der Waals surface area contributed by atoms with Crippen molar-refractivity contribution in [3.8, 4) is 11.5 Å². The van der Waals surface area contributed by atoms with E-state index in [0.29, 0.717) is 35.3 Å². The SMILES string of the molecule is COc1cccc(NC(=O)COc2ccc(C(=O)N(Cc3ccccc3)C3CC3)cc2)c1. The quantitative estimate of drug-likeness (QED) is 0.542. The number of anilines is 1. The van der Waals surface area contributed by atoms with Crippen LogP contribution in [0.15, 0.2) is 78.9 Å². The van der Waals surface area contributed by atoms with Crippen LogP contribution in [-0.4, -0.2) is 36.5 Å². The molecule has 0 saturated heterocycles. The molecule has 4 rings (SSSR count). The molecule has 3 aromatic rings. The van der Waals surface area contributed by atoms with E-state index in [2.05, 4.69) is 5.32 Å². The predicted molar refractivity (Wildman–Crippen MR) is 123 cm³/mol. The zero-order chi connectivity index (χ0) is 22.3. The second-order valence-corrected chi connectivity index (χ2v) is 7.74. The largest absolute Gasteiger partial charge is 0.497 e. The van der Waals surface area contributed by atoms with Gasteiger partial charge in [-0.1, -0.05) is 36.4 Å². The number of rotatable bonds is 9. The Bertz CT molecular complexity index is 1060. The first kappa shape index (κ1) is 21.4. The molecule has 0 bridgehead atoms. The maximum absolute atomic E-state index is 13.1. The number of carbonyl (C=O) groups is 2. The van der Waals surface area contributed by atoms with Crippen LogP contribution in [0.25, 0.3) is 0 Å². The van der Waals surface area contributed by atoms with Gasteiger partial charge in [0, 0.05) is 29.9 Å². The fourth-order valence-corrected chi connectivity index (χ4v) is 3.44. The third kappa shape index (κ3) is 5.66. The van der Waals surface area contributed by atoms with E-state index in [1.54, 1.807) is 55.6 Å². The first-order chi connectivity index (χ1) is 15.6. The molecule has 1 aliphatic rings. The van der Waals surface area contributed by atoms with Gasteiger partial charge in [-0.15, -0.1) is 0 Å². The van der Waals surface area contributed by atoms with E-state index in [9.17, 15) is 9.59 Å². The van der Waals surface area contributed by atoms with Crippen molar-refractivity contribution in [2.24, 2.45) is 0 Å². The van der Waals surface area contributed by atoms with Crippen LogP contribution >= 0.6 is 0 Å². The van der Waals surface area contributed by atoms with Crippen molar-refractivity contribution < 1.29 is 19.1 Å². The van der Waals surface area contributed by atoms with Crippen LogP contribution in [0.4, 0.5) is 5.69 Å². The average molecular weight is 431 g/mol. The van der Waals surface area contributed by atoms with Crippen LogP contribution in [0.3, 0.4) is 0 Å². The average Bonchev–Trinajstić information content (AvgIpc) is 3.67. The highest BCUT2D eigenvalue weighted by Crippen LogP contribution is 2.30.